The van der Waals surface area contributed by atoms with Crippen LogP contribution in [-0.2, 0) is 10.3 Å². The highest BCUT2D eigenvalue weighted by molar-refractivity contribution is 5.41. The molecular formula is C16H24O4. The second-order valence-corrected chi connectivity index (χ2v) is 5.71. The van der Waals surface area contributed by atoms with Crippen molar-refractivity contribution in [3.63, 3.8) is 0 Å². The minimum absolute atomic E-state index is 0.288. The van der Waals surface area contributed by atoms with E-state index in [0.717, 1.165) is 12.0 Å². The summed E-state index contributed by atoms with van der Waals surface area (Å²) in [4.78, 5) is 0. The third-order valence-corrected chi connectivity index (χ3v) is 4.27. The van der Waals surface area contributed by atoms with Gasteiger partial charge in [-0.3, -0.25) is 0 Å². The molecule has 2 rings (SSSR count). The van der Waals surface area contributed by atoms with Crippen molar-refractivity contribution >= 4 is 0 Å². The van der Waals surface area contributed by atoms with Gasteiger partial charge in [0.2, 0.25) is 0 Å². The van der Waals surface area contributed by atoms with E-state index < -0.39 is 5.60 Å². The van der Waals surface area contributed by atoms with Crippen molar-refractivity contribution in [1.82, 2.24) is 0 Å². The molecule has 0 radical (unpaired) electrons. The summed E-state index contributed by atoms with van der Waals surface area (Å²) in [5.74, 6) is 1.38. The zero-order chi connectivity index (χ0) is 14.8. The van der Waals surface area contributed by atoms with Crippen LogP contribution in [-0.4, -0.2) is 31.5 Å². The third-order valence-electron chi connectivity index (χ3n) is 4.27. The Labute approximate surface area is 120 Å². The molecule has 1 aromatic carbocycles. The lowest BCUT2D eigenvalue weighted by molar-refractivity contribution is -0.157. The molecule has 20 heavy (non-hydrogen) atoms. The zero-order valence-corrected chi connectivity index (χ0v) is 12.7. The average molecular weight is 280 g/mol. The molecule has 1 aliphatic heterocycles. The maximum atomic E-state index is 11.1. The van der Waals surface area contributed by atoms with E-state index in [0.29, 0.717) is 30.9 Å². The fourth-order valence-corrected chi connectivity index (χ4v) is 2.77. The molecule has 0 saturated carbocycles. The number of benzene rings is 1. The summed E-state index contributed by atoms with van der Waals surface area (Å²) in [7, 11) is 3.23. The first-order valence-electron chi connectivity index (χ1n) is 7.04. The van der Waals surface area contributed by atoms with E-state index in [-0.39, 0.29) is 5.60 Å². The number of ether oxygens (including phenoxy) is 3. The number of aliphatic hydroxyl groups is 1. The molecule has 2 unspecified atom stereocenters. The molecule has 112 valence electrons. The van der Waals surface area contributed by atoms with Crippen molar-refractivity contribution in [3.05, 3.63) is 23.8 Å². The number of rotatable bonds is 4. The van der Waals surface area contributed by atoms with Crippen molar-refractivity contribution in [2.75, 3.05) is 20.8 Å². The van der Waals surface area contributed by atoms with Gasteiger partial charge in [0.1, 0.15) is 11.5 Å². The van der Waals surface area contributed by atoms with Crippen LogP contribution in [0.2, 0.25) is 0 Å². The summed E-state index contributed by atoms with van der Waals surface area (Å²) in [6.07, 6.45) is 2.03. The lowest BCUT2D eigenvalue weighted by Gasteiger charge is -2.43. The molecule has 1 aromatic rings. The van der Waals surface area contributed by atoms with Gasteiger partial charge in [0.05, 0.1) is 32.0 Å². The zero-order valence-electron chi connectivity index (χ0n) is 12.7. The summed E-state index contributed by atoms with van der Waals surface area (Å²) in [6.45, 7) is 4.69. The van der Waals surface area contributed by atoms with E-state index in [1.807, 2.05) is 18.2 Å². The number of hydrogen-bond donors (Lipinski definition) is 1. The molecule has 0 spiro atoms. The molecule has 2 atom stereocenters. The molecule has 1 N–H and O–H groups in total. The predicted molar refractivity (Wildman–Crippen MR) is 77.3 cm³/mol. The van der Waals surface area contributed by atoms with E-state index >= 15 is 0 Å². The number of methoxy groups -OCH3 is 2. The van der Waals surface area contributed by atoms with Gasteiger partial charge in [-0.2, -0.15) is 0 Å². The maximum absolute atomic E-state index is 11.1. The average Bonchev–Trinajstić information content (AvgIpc) is 2.46. The molecule has 0 amide bonds. The van der Waals surface area contributed by atoms with Gasteiger partial charge in [-0.15, -0.1) is 0 Å². The maximum Gasteiger partial charge on any atom is 0.122 e. The van der Waals surface area contributed by atoms with Gasteiger partial charge in [0.25, 0.3) is 0 Å². The van der Waals surface area contributed by atoms with E-state index in [9.17, 15) is 5.11 Å². The molecule has 1 saturated heterocycles. The molecule has 0 aliphatic carbocycles. The minimum atomic E-state index is -0.898. The Kier molecular flexibility index (Phi) is 4.25. The quantitative estimate of drug-likeness (QED) is 0.921. The Bertz CT molecular complexity index is 451. The fourth-order valence-electron chi connectivity index (χ4n) is 2.77. The SMILES string of the molecule is CCC1(C)CC(O)(c2cc(OC)cc(OC)c2)CCO1. The lowest BCUT2D eigenvalue weighted by Crippen LogP contribution is -2.45. The van der Waals surface area contributed by atoms with Crippen LogP contribution in [0, 0.1) is 0 Å². The van der Waals surface area contributed by atoms with Gasteiger partial charge >= 0.3 is 0 Å². The van der Waals surface area contributed by atoms with Crippen molar-refractivity contribution < 1.29 is 19.3 Å². The molecule has 4 heteroatoms. The van der Waals surface area contributed by atoms with Gasteiger partial charge in [-0.05, 0) is 31.0 Å². The smallest absolute Gasteiger partial charge is 0.122 e. The highest BCUT2D eigenvalue weighted by Crippen LogP contribution is 2.42. The van der Waals surface area contributed by atoms with Crippen LogP contribution in [0.4, 0.5) is 0 Å². The van der Waals surface area contributed by atoms with E-state index in [1.54, 1.807) is 14.2 Å². The molecule has 0 aromatic heterocycles. The molecule has 4 nitrogen and oxygen atoms in total. The third kappa shape index (κ3) is 2.91. The molecule has 1 fully saturated rings. The van der Waals surface area contributed by atoms with Gasteiger partial charge < -0.3 is 19.3 Å². The summed E-state index contributed by atoms with van der Waals surface area (Å²) in [5.41, 5.74) is -0.356. The van der Waals surface area contributed by atoms with Crippen LogP contribution >= 0.6 is 0 Å². The van der Waals surface area contributed by atoms with E-state index in [2.05, 4.69) is 13.8 Å². The highest BCUT2D eigenvalue weighted by atomic mass is 16.5. The second kappa shape index (κ2) is 5.62. The second-order valence-electron chi connectivity index (χ2n) is 5.71. The Balaban J connectivity index is 2.38. The van der Waals surface area contributed by atoms with E-state index in [4.69, 9.17) is 14.2 Å². The summed E-state index contributed by atoms with van der Waals surface area (Å²) < 4.78 is 16.4. The normalized spacial score (nSPS) is 30.1. The largest absolute Gasteiger partial charge is 0.497 e. The molecule has 0 bridgehead atoms. The van der Waals surface area contributed by atoms with Crippen molar-refractivity contribution in [2.24, 2.45) is 0 Å². The first-order chi connectivity index (χ1) is 9.44. The molecular weight excluding hydrogens is 256 g/mol. The Morgan fingerprint density at radius 1 is 1.20 bits per heavy atom. The van der Waals surface area contributed by atoms with Crippen molar-refractivity contribution in [2.45, 2.75) is 44.3 Å². The van der Waals surface area contributed by atoms with Crippen LogP contribution in [0.3, 0.4) is 0 Å². The van der Waals surface area contributed by atoms with Crippen LogP contribution in [0.5, 0.6) is 11.5 Å². The Morgan fingerprint density at radius 2 is 1.80 bits per heavy atom. The molecule has 1 aliphatic rings. The van der Waals surface area contributed by atoms with Gasteiger partial charge in [0.15, 0.2) is 0 Å². The predicted octanol–water partition coefficient (Wildman–Crippen LogP) is 2.87. The van der Waals surface area contributed by atoms with Crippen LogP contribution < -0.4 is 9.47 Å². The first kappa shape index (κ1) is 15.1. The van der Waals surface area contributed by atoms with Crippen LogP contribution in [0.15, 0.2) is 18.2 Å². The lowest BCUT2D eigenvalue weighted by atomic mass is 9.77. The standard InChI is InChI=1S/C16H24O4/c1-5-15(2)11-16(17,6-7-20-15)12-8-13(18-3)10-14(9-12)19-4/h8-10,17H,5-7,11H2,1-4H3. The summed E-state index contributed by atoms with van der Waals surface area (Å²) in [5, 5.41) is 11.1. The Morgan fingerprint density at radius 3 is 2.30 bits per heavy atom. The van der Waals surface area contributed by atoms with E-state index in [1.165, 1.54) is 0 Å². The molecule has 1 heterocycles. The topological polar surface area (TPSA) is 47.9 Å². The monoisotopic (exact) mass is 280 g/mol. The highest BCUT2D eigenvalue weighted by Gasteiger charge is 2.42. The van der Waals surface area contributed by atoms with Crippen LogP contribution in [0.25, 0.3) is 0 Å². The van der Waals surface area contributed by atoms with Crippen molar-refractivity contribution in [1.29, 1.82) is 0 Å². The fraction of sp³-hybridized carbons (Fsp3) is 0.625. The number of hydrogen-bond acceptors (Lipinski definition) is 4. The van der Waals surface area contributed by atoms with Gasteiger partial charge in [-0.25, -0.2) is 0 Å². The Hall–Kier alpha value is -1.26. The summed E-state index contributed by atoms with van der Waals surface area (Å²) >= 11 is 0. The van der Waals surface area contributed by atoms with Gasteiger partial charge in [0, 0.05) is 18.9 Å². The van der Waals surface area contributed by atoms with Gasteiger partial charge in [-0.1, -0.05) is 6.92 Å². The van der Waals surface area contributed by atoms with Crippen LogP contribution in [0.1, 0.15) is 38.7 Å². The minimum Gasteiger partial charge on any atom is -0.497 e. The van der Waals surface area contributed by atoms with Crippen molar-refractivity contribution in [3.8, 4) is 11.5 Å². The summed E-state index contributed by atoms with van der Waals surface area (Å²) in [6, 6.07) is 5.57. The first-order valence-corrected chi connectivity index (χ1v) is 7.04.